The summed E-state index contributed by atoms with van der Waals surface area (Å²) in [5, 5.41) is 9.70. The van der Waals surface area contributed by atoms with E-state index in [9.17, 15) is 4.79 Å². The van der Waals surface area contributed by atoms with Crippen LogP contribution in [-0.4, -0.2) is 67.7 Å². The summed E-state index contributed by atoms with van der Waals surface area (Å²) in [6, 6.07) is -0.109. The van der Waals surface area contributed by atoms with E-state index in [1.54, 1.807) is 0 Å². The van der Waals surface area contributed by atoms with Crippen LogP contribution in [0.2, 0.25) is 0 Å². The van der Waals surface area contributed by atoms with Gasteiger partial charge in [0.25, 0.3) is 0 Å². The van der Waals surface area contributed by atoms with Crippen molar-refractivity contribution in [2.75, 3.05) is 45.0 Å². The third-order valence-corrected chi connectivity index (χ3v) is 7.48. The highest BCUT2D eigenvalue weighted by Gasteiger charge is 2.24. The van der Waals surface area contributed by atoms with Gasteiger partial charge in [0.05, 0.1) is 6.61 Å². The van der Waals surface area contributed by atoms with Crippen molar-refractivity contribution in [2.24, 2.45) is 17.4 Å². The van der Waals surface area contributed by atoms with Crippen molar-refractivity contribution in [3.05, 3.63) is 0 Å². The number of urea groups is 1. The number of hydrogen-bond acceptors (Lipinski definition) is 5. The van der Waals surface area contributed by atoms with Crippen LogP contribution in [0.5, 0.6) is 0 Å². The smallest absolute Gasteiger partial charge is 0.315 e. The fourth-order valence-electron chi connectivity index (χ4n) is 3.04. The second-order valence-electron chi connectivity index (χ2n) is 11.8. The van der Waals surface area contributed by atoms with E-state index in [1.165, 1.54) is 13.5 Å². The molecule has 0 aromatic carbocycles. The molecule has 230 valence electrons. The third kappa shape index (κ3) is 33.4. The van der Waals surface area contributed by atoms with Gasteiger partial charge in [0.15, 0.2) is 0 Å². The van der Waals surface area contributed by atoms with E-state index in [0.717, 1.165) is 50.5 Å². The molecule has 2 amide bonds. The van der Waals surface area contributed by atoms with Gasteiger partial charge in [0.2, 0.25) is 0 Å². The van der Waals surface area contributed by atoms with Gasteiger partial charge in [-0.05, 0) is 106 Å². The Morgan fingerprint density at radius 3 is 1.84 bits per heavy atom. The molecule has 0 saturated heterocycles. The minimum Gasteiger partial charge on any atom is -0.338 e. The maximum absolute atomic E-state index is 12.2. The number of carbonyl (C=O) groups excluding carboxylic acids is 1. The summed E-state index contributed by atoms with van der Waals surface area (Å²) in [6.07, 6.45) is 9.24. The lowest BCUT2D eigenvalue weighted by Crippen LogP contribution is -2.49. The van der Waals surface area contributed by atoms with Gasteiger partial charge in [-0.25, -0.2) is 4.79 Å². The van der Waals surface area contributed by atoms with Crippen molar-refractivity contribution in [3.8, 4) is 0 Å². The van der Waals surface area contributed by atoms with E-state index in [-0.39, 0.29) is 22.6 Å². The summed E-state index contributed by atoms with van der Waals surface area (Å²) in [6.45, 7) is 27.6. The predicted octanol–water partition coefficient (Wildman–Crippen LogP) is 6.40. The Morgan fingerprint density at radius 1 is 0.865 bits per heavy atom. The number of hydrogen-bond donors (Lipinski definition) is 5. The molecular weight excluding hydrogens is 482 g/mol. The van der Waals surface area contributed by atoms with Crippen LogP contribution in [0.4, 0.5) is 4.79 Å². The molecule has 7 N–H and O–H groups in total. The van der Waals surface area contributed by atoms with Gasteiger partial charge >= 0.3 is 6.03 Å². The number of amides is 2. The van der Waals surface area contributed by atoms with Gasteiger partial charge in [-0.1, -0.05) is 41.5 Å². The molecule has 0 aliphatic carbocycles. The van der Waals surface area contributed by atoms with Crippen molar-refractivity contribution in [1.82, 2.24) is 16.0 Å². The molecule has 0 unspecified atom stereocenters. The van der Waals surface area contributed by atoms with E-state index in [1.807, 2.05) is 55.4 Å². The molecule has 0 atom stereocenters. The molecule has 0 aliphatic rings. The number of rotatable bonds is 16. The van der Waals surface area contributed by atoms with Gasteiger partial charge in [0, 0.05) is 28.9 Å². The monoisotopic (exact) mass is 554 g/mol. The zero-order chi connectivity index (χ0) is 30.3. The molecule has 0 spiro atoms. The summed E-state index contributed by atoms with van der Waals surface area (Å²) >= 11 is 0. The van der Waals surface area contributed by atoms with Crippen molar-refractivity contribution >= 4 is 16.3 Å². The molecular formula is C29H71N5O2S. The second-order valence-corrected chi connectivity index (χ2v) is 15.3. The first kappa shape index (κ1) is 43.5. The molecule has 8 heteroatoms. The maximum atomic E-state index is 12.2. The normalized spacial score (nSPS) is 12.3. The van der Waals surface area contributed by atoms with Crippen LogP contribution < -0.4 is 27.4 Å². The average molecular weight is 554 g/mol. The van der Waals surface area contributed by atoms with Crippen LogP contribution >= 0.6 is 10.3 Å². The average Bonchev–Trinajstić information content (AvgIpc) is 2.78. The van der Waals surface area contributed by atoms with E-state index in [0.29, 0.717) is 6.54 Å². The zero-order valence-electron chi connectivity index (χ0n) is 27.8. The van der Waals surface area contributed by atoms with Crippen molar-refractivity contribution in [2.45, 2.75) is 132 Å². The highest BCUT2D eigenvalue weighted by molar-refractivity contribution is 8.28. The Morgan fingerprint density at radius 2 is 1.38 bits per heavy atom. The lowest BCUT2D eigenvalue weighted by Gasteiger charge is -2.34. The van der Waals surface area contributed by atoms with Crippen LogP contribution in [-0.2, 0) is 4.18 Å². The summed E-state index contributed by atoms with van der Waals surface area (Å²) < 4.78 is 6.25. The largest absolute Gasteiger partial charge is 0.338 e. The molecule has 0 heterocycles. The van der Waals surface area contributed by atoms with Gasteiger partial charge in [-0.15, -0.1) is 10.3 Å². The predicted molar refractivity (Wildman–Crippen MR) is 172 cm³/mol. The fourth-order valence-corrected chi connectivity index (χ4v) is 4.53. The lowest BCUT2D eigenvalue weighted by molar-refractivity contribution is 0.225. The molecule has 37 heavy (non-hydrogen) atoms. The Bertz CT molecular complexity index is 519. The third-order valence-electron chi connectivity index (χ3n) is 5.40. The molecule has 0 rings (SSSR count). The second kappa shape index (κ2) is 23.4. The Labute approximate surface area is 235 Å². The van der Waals surface area contributed by atoms with E-state index in [2.05, 4.69) is 61.9 Å². The van der Waals surface area contributed by atoms with Crippen LogP contribution in [0.3, 0.4) is 0 Å². The van der Waals surface area contributed by atoms with Crippen LogP contribution in [0.1, 0.15) is 115 Å². The number of nitrogens with two attached hydrogens (primary N) is 2. The molecule has 0 fully saturated rings. The molecule has 7 nitrogen and oxygen atoms in total. The van der Waals surface area contributed by atoms with Crippen molar-refractivity contribution in [3.63, 3.8) is 0 Å². The van der Waals surface area contributed by atoms with Crippen molar-refractivity contribution in [1.29, 1.82) is 0 Å². The zero-order valence-corrected chi connectivity index (χ0v) is 28.6. The van der Waals surface area contributed by atoms with Crippen LogP contribution in [0, 0.1) is 5.92 Å². The lowest BCUT2D eigenvalue weighted by atomic mass is 9.90. The summed E-state index contributed by atoms with van der Waals surface area (Å²) in [4.78, 5) is 12.2. The summed E-state index contributed by atoms with van der Waals surface area (Å²) in [5.74, 6) is 1.71. The highest BCUT2D eigenvalue weighted by Crippen LogP contribution is 2.41. The first-order chi connectivity index (χ1) is 16.9. The van der Waals surface area contributed by atoms with Crippen molar-refractivity contribution < 1.29 is 8.98 Å². The molecule has 0 saturated carbocycles. The molecule has 0 aromatic heterocycles. The molecule has 0 aromatic rings. The standard InChI is InChI=1S/C24H54N4O2S.2C2H6.CH5N/c1-20(2)12-17-27-23(5,6)15-18-30-31(9,10)19-11-16-26-21(29)28-24(7,8)14-13-22(3,4)25;3*1-2/h20,27H,11-19,25H2,1-10H3,(H2,26,28,29);2*1-2H3;2H2,1H3. The van der Waals surface area contributed by atoms with E-state index < -0.39 is 10.3 Å². The molecule has 0 radical (unpaired) electrons. The van der Waals surface area contributed by atoms with Gasteiger partial charge in [0.1, 0.15) is 0 Å². The minimum absolute atomic E-state index is 0.0932. The molecule has 0 bridgehead atoms. The Balaban J connectivity index is -0.000000839. The first-order valence-electron chi connectivity index (χ1n) is 14.5. The SMILES string of the molecule is CC.CC.CC(C)CCNC(C)(C)CCOS(C)(C)CCCNC(=O)NC(C)(C)CCC(C)(C)N.CN. The maximum Gasteiger partial charge on any atom is 0.315 e. The van der Waals surface area contributed by atoms with Gasteiger partial charge in [-0.3, -0.25) is 0 Å². The quantitative estimate of drug-likeness (QED) is 0.142. The van der Waals surface area contributed by atoms with E-state index in [4.69, 9.17) is 9.92 Å². The fraction of sp³-hybridized carbons (Fsp3) is 0.966. The van der Waals surface area contributed by atoms with Gasteiger partial charge in [-0.2, -0.15) is 0 Å². The molecule has 0 aliphatic heterocycles. The Hall–Kier alpha value is -0.540. The van der Waals surface area contributed by atoms with Crippen LogP contribution in [0.15, 0.2) is 0 Å². The first-order valence-corrected chi connectivity index (χ1v) is 17.0. The minimum atomic E-state index is -1.11. The highest BCUT2D eigenvalue weighted by atomic mass is 32.3. The van der Waals surface area contributed by atoms with Gasteiger partial charge < -0.3 is 31.6 Å². The number of carbonyl (C=O) groups is 1. The topological polar surface area (TPSA) is 114 Å². The number of nitrogens with one attached hydrogen (secondary N) is 3. The van der Waals surface area contributed by atoms with Crippen LogP contribution in [0.25, 0.3) is 0 Å². The summed E-state index contributed by atoms with van der Waals surface area (Å²) in [5.41, 5.74) is 10.2. The Kier molecular flexibility index (Phi) is 27.5. The van der Waals surface area contributed by atoms with E-state index >= 15 is 0 Å². The summed E-state index contributed by atoms with van der Waals surface area (Å²) in [7, 11) is 0.391.